The van der Waals surface area contributed by atoms with Crippen LogP contribution in [0.25, 0.3) is 11.3 Å². The van der Waals surface area contributed by atoms with Crippen LogP contribution in [-0.2, 0) is 4.79 Å². The van der Waals surface area contributed by atoms with Crippen molar-refractivity contribution in [1.82, 2.24) is 4.98 Å². The van der Waals surface area contributed by atoms with Crippen LogP contribution in [0.5, 0.6) is 0 Å². The van der Waals surface area contributed by atoms with E-state index in [1.807, 2.05) is 6.92 Å². The number of carbonyl (C=O) groups excluding carboxylic acids is 1. The van der Waals surface area contributed by atoms with Gasteiger partial charge in [-0.25, -0.2) is 4.98 Å². The third-order valence-corrected chi connectivity index (χ3v) is 4.68. The van der Waals surface area contributed by atoms with Gasteiger partial charge in [-0.2, -0.15) is 0 Å². The molecule has 1 aromatic heterocycles. The van der Waals surface area contributed by atoms with E-state index in [9.17, 15) is 4.79 Å². The molecule has 2 unspecified atom stereocenters. The SMILES string of the molecule is Cc1ccc(-c2nc(NC(=O)C3CC3C)sc2C)cc1. The number of benzene rings is 1. The van der Waals surface area contributed by atoms with E-state index in [0.717, 1.165) is 22.6 Å². The van der Waals surface area contributed by atoms with Crippen molar-refractivity contribution in [3.05, 3.63) is 34.7 Å². The standard InChI is InChI=1S/C16H18N2OS/c1-9-4-6-12(7-5-9)14-11(3)20-16(17-14)18-15(19)13-8-10(13)2/h4-7,10,13H,8H2,1-3H3,(H,17,18,19). The van der Waals surface area contributed by atoms with Crippen LogP contribution in [0.3, 0.4) is 0 Å². The van der Waals surface area contributed by atoms with Gasteiger partial charge in [-0.15, -0.1) is 11.3 Å². The minimum atomic E-state index is 0.113. The number of rotatable bonds is 3. The van der Waals surface area contributed by atoms with Crippen molar-refractivity contribution in [2.45, 2.75) is 27.2 Å². The van der Waals surface area contributed by atoms with Crippen LogP contribution in [0.15, 0.2) is 24.3 Å². The van der Waals surface area contributed by atoms with Gasteiger partial charge in [0.25, 0.3) is 0 Å². The summed E-state index contributed by atoms with van der Waals surface area (Å²) in [5, 5.41) is 3.66. The Morgan fingerprint density at radius 1 is 1.30 bits per heavy atom. The Hall–Kier alpha value is -1.68. The molecule has 0 bridgehead atoms. The number of nitrogens with zero attached hydrogens (tertiary/aromatic N) is 1. The molecule has 1 aliphatic rings. The molecule has 0 spiro atoms. The molecule has 2 aromatic rings. The Balaban J connectivity index is 1.80. The third-order valence-electron chi connectivity index (χ3n) is 3.80. The van der Waals surface area contributed by atoms with Crippen LogP contribution in [0.2, 0.25) is 0 Å². The highest BCUT2D eigenvalue weighted by Gasteiger charge is 2.39. The molecule has 0 saturated heterocycles. The summed E-state index contributed by atoms with van der Waals surface area (Å²) in [6.07, 6.45) is 1.00. The number of aromatic nitrogens is 1. The van der Waals surface area contributed by atoms with Crippen LogP contribution in [0, 0.1) is 25.7 Å². The topological polar surface area (TPSA) is 42.0 Å². The molecule has 0 aliphatic heterocycles. The number of carbonyl (C=O) groups is 1. The molecule has 1 heterocycles. The second-order valence-corrected chi connectivity index (χ2v) is 6.80. The van der Waals surface area contributed by atoms with Gasteiger partial charge in [0.05, 0.1) is 5.69 Å². The second-order valence-electron chi connectivity index (χ2n) is 5.60. The molecule has 2 atom stereocenters. The first-order chi connectivity index (χ1) is 9.54. The van der Waals surface area contributed by atoms with Crippen LogP contribution < -0.4 is 5.32 Å². The lowest BCUT2D eigenvalue weighted by molar-refractivity contribution is -0.117. The van der Waals surface area contributed by atoms with E-state index < -0.39 is 0 Å². The fourth-order valence-electron chi connectivity index (χ4n) is 2.31. The lowest BCUT2D eigenvalue weighted by atomic mass is 10.1. The zero-order chi connectivity index (χ0) is 14.3. The van der Waals surface area contributed by atoms with Gasteiger partial charge in [0, 0.05) is 16.4 Å². The minimum Gasteiger partial charge on any atom is -0.302 e. The summed E-state index contributed by atoms with van der Waals surface area (Å²) in [5.41, 5.74) is 3.30. The van der Waals surface area contributed by atoms with Gasteiger partial charge in [0.2, 0.25) is 5.91 Å². The number of aryl methyl sites for hydroxylation is 2. The smallest absolute Gasteiger partial charge is 0.229 e. The molecule has 1 N–H and O–H groups in total. The van der Waals surface area contributed by atoms with Crippen molar-refractivity contribution < 1.29 is 4.79 Å². The molecular weight excluding hydrogens is 268 g/mol. The maximum atomic E-state index is 11.9. The fraction of sp³-hybridized carbons (Fsp3) is 0.375. The lowest BCUT2D eigenvalue weighted by Gasteiger charge is -2.00. The van der Waals surface area contributed by atoms with Crippen molar-refractivity contribution in [3.8, 4) is 11.3 Å². The molecule has 1 amide bonds. The summed E-state index contributed by atoms with van der Waals surface area (Å²) in [6, 6.07) is 8.31. The number of anilines is 1. The zero-order valence-electron chi connectivity index (χ0n) is 11.9. The molecular formula is C16H18N2OS. The molecule has 104 valence electrons. The van der Waals surface area contributed by atoms with Gasteiger partial charge < -0.3 is 5.32 Å². The van der Waals surface area contributed by atoms with Crippen molar-refractivity contribution in [2.24, 2.45) is 11.8 Å². The van der Waals surface area contributed by atoms with E-state index >= 15 is 0 Å². The highest BCUT2D eigenvalue weighted by atomic mass is 32.1. The van der Waals surface area contributed by atoms with Gasteiger partial charge in [0.1, 0.15) is 0 Å². The molecule has 1 fully saturated rings. The number of hydrogen-bond donors (Lipinski definition) is 1. The van der Waals surface area contributed by atoms with Crippen molar-refractivity contribution in [3.63, 3.8) is 0 Å². The summed E-state index contributed by atoms with van der Waals surface area (Å²) in [4.78, 5) is 17.6. The zero-order valence-corrected chi connectivity index (χ0v) is 12.8. The van der Waals surface area contributed by atoms with E-state index in [0.29, 0.717) is 11.0 Å². The monoisotopic (exact) mass is 286 g/mol. The summed E-state index contributed by atoms with van der Waals surface area (Å²) < 4.78 is 0. The van der Waals surface area contributed by atoms with E-state index in [-0.39, 0.29) is 11.8 Å². The maximum Gasteiger partial charge on any atom is 0.229 e. The Morgan fingerprint density at radius 3 is 2.55 bits per heavy atom. The van der Waals surface area contributed by atoms with E-state index in [1.165, 1.54) is 5.56 Å². The van der Waals surface area contributed by atoms with Gasteiger partial charge in [-0.05, 0) is 26.2 Å². The summed E-state index contributed by atoms with van der Waals surface area (Å²) >= 11 is 1.55. The van der Waals surface area contributed by atoms with E-state index in [4.69, 9.17) is 0 Å². The Kier molecular flexibility index (Phi) is 3.34. The first-order valence-corrected chi connectivity index (χ1v) is 7.71. The van der Waals surface area contributed by atoms with Gasteiger partial charge in [-0.3, -0.25) is 4.79 Å². The third kappa shape index (κ3) is 2.61. The summed E-state index contributed by atoms with van der Waals surface area (Å²) in [7, 11) is 0. The van der Waals surface area contributed by atoms with Crippen molar-refractivity contribution in [1.29, 1.82) is 0 Å². The summed E-state index contributed by atoms with van der Waals surface area (Å²) in [6.45, 7) is 6.22. The summed E-state index contributed by atoms with van der Waals surface area (Å²) in [5.74, 6) is 0.816. The maximum absolute atomic E-state index is 11.9. The van der Waals surface area contributed by atoms with Gasteiger partial charge in [-0.1, -0.05) is 36.8 Å². The molecule has 1 aromatic carbocycles. The van der Waals surface area contributed by atoms with Gasteiger partial charge >= 0.3 is 0 Å². The minimum absolute atomic E-state index is 0.113. The van der Waals surface area contributed by atoms with Crippen LogP contribution in [0.1, 0.15) is 23.8 Å². The van der Waals surface area contributed by atoms with Crippen molar-refractivity contribution in [2.75, 3.05) is 5.32 Å². The average Bonchev–Trinajstić information content (AvgIpc) is 3.03. The first-order valence-electron chi connectivity index (χ1n) is 6.90. The number of thiazole rings is 1. The first kappa shape index (κ1) is 13.3. The Labute approximate surface area is 123 Å². The normalized spacial score (nSPS) is 20.8. The number of hydrogen-bond acceptors (Lipinski definition) is 3. The quantitative estimate of drug-likeness (QED) is 0.926. The fourth-order valence-corrected chi connectivity index (χ4v) is 3.15. The van der Waals surface area contributed by atoms with Crippen LogP contribution in [-0.4, -0.2) is 10.9 Å². The van der Waals surface area contributed by atoms with Crippen LogP contribution >= 0.6 is 11.3 Å². The molecule has 1 aliphatic carbocycles. The predicted molar refractivity (Wildman–Crippen MR) is 82.9 cm³/mol. The molecule has 3 rings (SSSR count). The number of amides is 1. The Morgan fingerprint density at radius 2 is 1.95 bits per heavy atom. The largest absolute Gasteiger partial charge is 0.302 e. The lowest BCUT2D eigenvalue weighted by Crippen LogP contribution is -2.14. The predicted octanol–water partition coefficient (Wildman–Crippen LogP) is 4.02. The van der Waals surface area contributed by atoms with Gasteiger partial charge in [0.15, 0.2) is 5.13 Å². The molecule has 20 heavy (non-hydrogen) atoms. The van der Waals surface area contributed by atoms with Crippen molar-refractivity contribution >= 4 is 22.4 Å². The average molecular weight is 286 g/mol. The van der Waals surface area contributed by atoms with E-state index in [2.05, 4.69) is 48.4 Å². The van der Waals surface area contributed by atoms with E-state index in [1.54, 1.807) is 11.3 Å². The van der Waals surface area contributed by atoms with Crippen LogP contribution in [0.4, 0.5) is 5.13 Å². The molecule has 4 heteroatoms. The Bertz CT molecular complexity index is 645. The molecule has 3 nitrogen and oxygen atoms in total. The molecule has 0 radical (unpaired) electrons. The molecule has 1 saturated carbocycles. The second kappa shape index (κ2) is 5.02. The number of nitrogens with one attached hydrogen (secondary N) is 1. The highest BCUT2D eigenvalue weighted by molar-refractivity contribution is 7.16. The highest BCUT2D eigenvalue weighted by Crippen LogP contribution is 2.39.